The molecule has 3 unspecified atom stereocenters. The lowest BCUT2D eigenvalue weighted by molar-refractivity contribution is 0.266. The van der Waals surface area contributed by atoms with Crippen molar-refractivity contribution in [2.45, 2.75) is 45.7 Å². The number of thiazole rings is 1. The van der Waals surface area contributed by atoms with Gasteiger partial charge >= 0.3 is 0 Å². The lowest BCUT2D eigenvalue weighted by Crippen LogP contribution is -2.34. The van der Waals surface area contributed by atoms with Crippen LogP contribution in [0.25, 0.3) is 0 Å². The summed E-state index contributed by atoms with van der Waals surface area (Å²) < 4.78 is 0. The van der Waals surface area contributed by atoms with Crippen molar-refractivity contribution < 1.29 is 0 Å². The molecule has 3 rings (SSSR count). The first-order chi connectivity index (χ1) is 9.77. The number of anilines is 1. The molecule has 2 aliphatic rings. The Morgan fingerprint density at radius 1 is 1.33 bits per heavy atom. The first-order valence-electron chi connectivity index (χ1n) is 7.93. The van der Waals surface area contributed by atoms with Crippen molar-refractivity contribution in [3.05, 3.63) is 10.6 Å². The van der Waals surface area contributed by atoms with Crippen molar-refractivity contribution in [2.24, 2.45) is 17.1 Å². The van der Waals surface area contributed by atoms with Crippen LogP contribution in [0.3, 0.4) is 0 Å². The van der Waals surface area contributed by atoms with Crippen molar-refractivity contribution in [2.75, 3.05) is 32.1 Å². The van der Waals surface area contributed by atoms with Gasteiger partial charge in [0, 0.05) is 30.1 Å². The molecule has 0 bridgehead atoms. The number of nitrogens with two attached hydrogens (primary N) is 1. The fraction of sp³-hybridized carbons (Fsp3) is 0.812. The van der Waals surface area contributed by atoms with Crippen molar-refractivity contribution in [3.8, 4) is 0 Å². The Morgan fingerprint density at radius 3 is 2.67 bits per heavy atom. The Balaban J connectivity index is 1.83. The molecule has 0 amide bonds. The molecule has 21 heavy (non-hydrogen) atoms. The van der Waals surface area contributed by atoms with Gasteiger partial charge in [-0.15, -0.1) is 0 Å². The Kier molecular flexibility index (Phi) is 3.79. The summed E-state index contributed by atoms with van der Waals surface area (Å²) in [5.74, 6) is 0.686. The highest BCUT2D eigenvalue weighted by atomic mass is 32.1. The Labute approximate surface area is 132 Å². The lowest BCUT2D eigenvalue weighted by atomic mass is 9.77. The van der Waals surface area contributed by atoms with Crippen LogP contribution < -0.4 is 10.6 Å². The van der Waals surface area contributed by atoms with Crippen molar-refractivity contribution in [1.82, 2.24) is 9.88 Å². The normalized spacial score (nSPS) is 31.8. The smallest absolute Gasteiger partial charge is 0.185 e. The van der Waals surface area contributed by atoms with E-state index in [4.69, 9.17) is 10.7 Å². The monoisotopic (exact) mass is 308 g/mol. The first-order valence-corrected chi connectivity index (χ1v) is 8.75. The summed E-state index contributed by atoms with van der Waals surface area (Å²) in [7, 11) is 4.35. The van der Waals surface area contributed by atoms with E-state index >= 15 is 0 Å². The zero-order chi connectivity index (χ0) is 15.4. The molecule has 1 fully saturated rings. The first kappa shape index (κ1) is 15.3. The van der Waals surface area contributed by atoms with Gasteiger partial charge in [-0.2, -0.15) is 0 Å². The van der Waals surface area contributed by atoms with Gasteiger partial charge in [-0.05, 0) is 38.3 Å². The minimum Gasteiger partial charge on any atom is -0.346 e. The second-order valence-electron chi connectivity index (χ2n) is 7.87. The SMILES string of the molecule is CC1CN(c2nc3c(s2)C(N)CC(C)(C)C3)CC1N(C)C. The van der Waals surface area contributed by atoms with E-state index in [1.54, 1.807) is 0 Å². The van der Waals surface area contributed by atoms with Crippen LogP contribution in [0.4, 0.5) is 5.13 Å². The number of fused-ring (bicyclic) bond motifs is 1. The van der Waals surface area contributed by atoms with E-state index in [2.05, 4.69) is 44.7 Å². The van der Waals surface area contributed by atoms with Crippen molar-refractivity contribution >= 4 is 16.5 Å². The highest BCUT2D eigenvalue weighted by Crippen LogP contribution is 2.44. The van der Waals surface area contributed by atoms with E-state index in [0.717, 1.165) is 25.9 Å². The second-order valence-corrected chi connectivity index (χ2v) is 8.88. The van der Waals surface area contributed by atoms with Crippen LogP contribution in [0.5, 0.6) is 0 Å². The number of hydrogen-bond donors (Lipinski definition) is 1. The van der Waals surface area contributed by atoms with Gasteiger partial charge in [-0.1, -0.05) is 32.1 Å². The minimum absolute atomic E-state index is 0.166. The Morgan fingerprint density at radius 2 is 2.05 bits per heavy atom. The molecule has 4 nitrogen and oxygen atoms in total. The summed E-state index contributed by atoms with van der Waals surface area (Å²) in [5.41, 5.74) is 7.91. The topological polar surface area (TPSA) is 45.4 Å². The van der Waals surface area contributed by atoms with Crippen LogP contribution in [-0.2, 0) is 6.42 Å². The van der Waals surface area contributed by atoms with E-state index in [1.165, 1.54) is 15.7 Å². The summed E-state index contributed by atoms with van der Waals surface area (Å²) in [6.07, 6.45) is 2.13. The molecular weight excluding hydrogens is 280 g/mol. The summed E-state index contributed by atoms with van der Waals surface area (Å²) in [6, 6.07) is 0.788. The van der Waals surface area contributed by atoms with Gasteiger partial charge in [-0.25, -0.2) is 4.98 Å². The molecule has 2 heterocycles. The summed E-state index contributed by atoms with van der Waals surface area (Å²) in [5, 5.41) is 1.18. The molecule has 1 aliphatic carbocycles. The van der Waals surface area contributed by atoms with Crippen LogP contribution in [0.1, 0.15) is 43.8 Å². The quantitative estimate of drug-likeness (QED) is 0.912. The molecule has 1 aromatic rings. The maximum atomic E-state index is 6.38. The molecule has 1 aromatic heterocycles. The molecular formula is C16H28N4S. The van der Waals surface area contributed by atoms with E-state index in [9.17, 15) is 0 Å². The predicted molar refractivity (Wildman–Crippen MR) is 90.0 cm³/mol. The van der Waals surface area contributed by atoms with Crippen molar-refractivity contribution in [3.63, 3.8) is 0 Å². The molecule has 0 saturated carbocycles. The molecule has 0 aromatic carbocycles. The van der Waals surface area contributed by atoms with Crippen LogP contribution in [0.2, 0.25) is 0 Å². The second kappa shape index (κ2) is 5.21. The standard InChI is InChI=1S/C16H28N4S/c1-10-8-20(9-13(10)19(4)5)15-18-12-7-16(2,3)6-11(17)14(12)21-15/h10-11,13H,6-9,17H2,1-5H3. The van der Waals surface area contributed by atoms with E-state index in [0.29, 0.717) is 12.0 Å². The van der Waals surface area contributed by atoms with Gasteiger partial charge in [-0.3, -0.25) is 0 Å². The summed E-state index contributed by atoms with van der Waals surface area (Å²) in [6.45, 7) is 9.13. The molecule has 5 heteroatoms. The average molecular weight is 308 g/mol. The molecule has 2 N–H and O–H groups in total. The number of hydrogen-bond acceptors (Lipinski definition) is 5. The largest absolute Gasteiger partial charge is 0.346 e. The van der Waals surface area contributed by atoms with Crippen LogP contribution in [0, 0.1) is 11.3 Å². The predicted octanol–water partition coefficient (Wildman–Crippen LogP) is 2.50. The molecule has 1 aliphatic heterocycles. The molecule has 118 valence electrons. The van der Waals surface area contributed by atoms with Gasteiger partial charge < -0.3 is 15.5 Å². The van der Waals surface area contributed by atoms with E-state index in [1.807, 2.05) is 11.3 Å². The third kappa shape index (κ3) is 2.83. The highest BCUT2D eigenvalue weighted by Gasteiger charge is 2.36. The molecule has 3 atom stereocenters. The molecule has 1 saturated heterocycles. The molecule has 0 spiro atoms. The number of likely N-dealkylation sites (N-methyl/N-ethyl adjacent to an activating group) is 1. The summed E-state index contributed by atoms with van der Waals surface area (Å²) >= 11 is 1.83. The van der Waals surface area contributed by atoms with E-state index in [-0.39, 0.29) is 11.5 Å². The zero-order valence-corrected chi connectivity index (χ0v) is 14.7. The maximum absolute atomic E-state index is 6.38. The Hall–Kier alpha value is -0.650. The third-order valence-corrected chi connectivity index (χ3v) is 6.27. The lowest BCUT2D eigenvalue weighted by Gasteiger charge is -2.32. The average Bonchev–Trinajstić information content (AvgIpc) is 2.91. The highest BCUT2D eigenvalue weighted by molar-refractivity contribution is 7.15. The number of nitrogens with zero attached hydrogens (tertiary/aromatic N) is 3. The molecule has 0 radical (unpaired) electrons. The number of rotatable bonds is 2. The maximum Gasteiger partial charge on any atom is 0.185 e. The van der Waals surface area contributed by atoms with E-state index < -0.39 is 0 Å². The van der Waals surface area contributed by atoms with Gasteiger partial charge in [0.15, 0.2) is 5.13 Å². The zero-order valence-electron chi connectivity index (χ0n) is 13.9. The number of aromatic nitrogens is 1. The summed E-state index contributed by atoms with van der Waals surface area (Å²) in [4.78, 5) is 11.1. The fourth-order valence-corrected chi connectivity index (χ4v) is 4.99. The van der Waals surface area contributed by atoms with Crippen molar-refractivity contribution in [1.29, 1.82) is 0 Å². The fourth-order valence-electron chi connectivity index (χ4n) is 3.89. The van der Waals surface area contributed by atoms with Crippen LogP contribution in [0.15, 0.2) is 0 Å². The minimum atomic E-state index is 0.166. The van der Waals surface area contributed by atoms with Crippen LogP contribution in [-0.4, -0.2) is 43.1 Å². The van der Waals surface area contributed by atoms with Crippen LogP contribution >= 0.6 is 11.3 Å². The van der Waals surface area contributed by atoms with Gasteiger partial charge in [0.05, 0.1) is 5.69 Å². The Bertz CT molecular complexity index is 522. The van der Waals surface area contributed by atoms with Gasteiger partial charge in [0.2, 0.25) is 0 Å². The third-order valence-electron chi connectivity index (χ3n) is 4.98. The van der Waals surface area contributed by atoms with Gasteiger partial charge in [0.25, 0.3) is 0 Å². The van der Waals surface area contributed by atoms with Gasteiger partial charge in [0.1, 0.15) is 0 Å².